The SMILES string of the molecule is COC(=O)c1ccc(-c2ccc(CNCC(C)O)o2)cc1.Cl. The zero-order chi connectivity index (χ0) is 15.2. The van der Waals surface area contributed by atoms with Crippen LogP contribution in [0.2, 0.25) is 0 Å². The van der Waals surface area contributed by atoms with Crippen LogP contribution in [-0.4, -0.2) is 30.8 Å². The first kappa shape index (κ1) is 18.2. The lowest BCUT2D eigenvalue weighted by Gasteiger charge is -2.04. The van der Waals surface area contributed by atoms with E-state index in [4.69, 9.17) is 4.42 Å². The summed E-state index contributed by atoms with van der Waals surface area (Å²) in [6.07, 6.45) is -0.384. The van der Waals surface area contributed by atoms with E-state index < -0.39 is 0 Å². The van der Waals surface area contributed by atoms with Crippen molar-refractivity contribution in [3.8, 4) is 11.3 Å². The minimum Gasteiger partial charge on any atom is -0.465 e. The lowest BCUT2D eigenvalue weighted by Crippen LogP contribution is -2.23. The molecular weight excluding hydrogens is 306 g/mol. The van der Waals surface area contributed by atoms with Gasteiger partial charge in [0, 0.05) is 12.1 Å². The monoisotopic (exact) mass is 325 g/mol. The molecule has 2 aromatic rings. The summed E-state index contributed by atoms with van der Waals surface area (Å²) in [7, 11) is 1.36. The van der Waals surface area contributed by atoms with Crippen LogP contribution < -0.4 is 5.32 Å². The topological polar surface area (TPSA) is 71.7 Å². The summed E-state index contributed by atoms with van der Waals surface area (Å²) in [6, 6.07) is 10.8. The van der Waals surface area contributed by atoms with Gasteiger partial charge in [0.1, 0.15) is 11.5 Å². The number of halogens is 1. The lowest BCUT2D eigenvalue weighted by atomic mass is 10.1. The minimum absolute atomic E-state index is 0. The molecule has 0 spiro atoms. The first-order valence-corrected chi connectivity index (χ1v) is 6.76. The molecule has 0 aliphatic rings. The van der Waals surface area contributed by atoms with E-state index in [1.54, 1.807) is 19.1 Å². The van der Waals surface area contributed by atoms with Crippen molar-refractivity contribution in [3.63, 3.8) is 0 Å². The molecule has 0 aliphatic carbocycles. The van der Waals surface area contributed by atoms with Crippen LogP contribution in [0.5, 0.6) is 0 Å². The molecule has 5 nitrogen and oxygen atoms in total. The van der Waals surface area contributed by atoms with Crippen LogP contribution in [0.25, 0.3) is 11.3 Å². The number of nitrogens with one attached hydrogen (secondary N) is 1. The number of carbonyl (C=O) groups excluding carboxylic acids is 1. The fourth-order valence-corrected chi connectivity index (χ4v) is 1.92. The van der Waals surface area contributed by atoms with Crippen molar-refractivity contribution in [3.05, 3.63) is 47.7 Å². The van der Waals surface area contributed by atoms with Crippen LogP contribution in [0.4, 0.5) is 0 Å². The Morgan fingerprint density at radius 2 is 1.95 bits per heavy atom. The number of benzene rings is 1. The Labute approximate surface area is 135 Å². The maximum absolute atomic E-state index is 11.4. The number of hydrogen-bond donors (Lipinski definition) is 2. The third-order valence-corrected chi connectivity index (χ3v) is 2.99. The Morgan fingerprint density at radius 1 is 1.27 bits per heavy atom. The molecule has 1 aromatic heterocycles. The summed E-state index contributed by atoms with van der Waals surface area (Å²) in [5.41, 5.74) is 1.40. The third kappa shape index (κ3) is 4.87. The van der Waals surface area contributed by atoms with Gasteiger partial charge in [-0.15, -0.1) is 12.4 Å². The Morgan fingerprint density at radius 3 is 2.55 bits per heavy atom. The van der Waals surface area contributed by atoms with E-state index in [1.165, 1.54) is 7.11 Å². The molecule has 0 bridgehead atoms. The molecule has 2 N–H and O–H groups in total. The van der Waals surface area contributed by atoms with Gasteiger partial charge in [-0.1, -0.05) is 12.1 Å². The number of hydrogen-bond acceptors (Lipinski definition) is 5. The number of aliphatic hydroxyl groups is 1. The van der Waals surface area contributed by atoms with Gasteiger partial charge in [0.25, 0.3) is 0 Å². The predicted molar refractivity (Wildman–Crippen MR) is 86.1 cm³/mol. The molecule has 120 valence electrons. The number of esters is 1. The molecule has 0 saturated carbocycles. The summed E-state index contributed by atoms with van der Waals surface area (Å²) in [5.74, 6) is 1.17. The van der Waals surface area contributed by atoms with Crippen LogP contribution in [0.15, 0.2) is 40.8 Å². The molecule has 0 radical (unpaired) electrons. The summed E-state index contributed by atoms with van der Waals surface area (Å²) in [5, 5.41) is 12.3. The van der Waals surface area contributed by atoms with Gasteiger partial charge in [-0.05, 0) is 31.2 Å². The zero-order valence-electron chi connectivity index (χ0n) is 12.5. The average molecular weight is 326 g/mol. The number of methoxy groups -OCH3 is 1. The van der Waals surface area contributed by atoms with Crippen LogP contribution in [0, 0.1) is 0 Å². The van der Waals surface area contributed by atoms with Crippen LogP contribution >= 0.6 is 12.4 Å². The van der Waals surface area contributed by atoms with Crippen molar-refractivity contribution >= 4 is 18.4 Å². The Balaban J connectivity index is 0.00000242. The first-order valence-electron chi connectivity index (χ1n) is 6.76. The molecular formula is C16H20ClNO4. The summed E-state index contributed by atoms with van der Waals surface area (Å²) in [4.78, 5) is 11.4. The minimum atomic E-state index is -0.384. The number of furan rings is 1. The van der Waals surface area contributed by atoms with Gasteiger partial charge in [0.05, 0.1) is 25.3 Å². The Hall–Kier alpha value is -1.82. The summed E-state index contributed by atoms with van der Waals surface area (Å²) < 4.78 is 10.4. The van der Waals surface area contributed by atoms with Crippen LogP contribution in [-0.2, 0) is 11.3 Å². The van der Waals surface area contributed by atoms with E-state index in [0.717, 1.165) is 17.1 Å². The molecule has 6 heteroatoms. The van der Waals surface area contributed by atoms with E-state index in [9.17, 15) is 9.90 Å². The molecule has 1 atom stereocenters. The maximum atomic E-state index is 11.4. The summed E-state index contributed by atoms with van der Waals surface area (Å²) in [6.45, 7) is 2.80. The Bertz CT molecular complexity index is 592. The predicted octanol–water partition coefficient (Wildman–Crippen LogP) is 2.63. The molecule has 2 rings (SSSR count). The van der Waals surface area contributed by atoms with Gasteiger partial charge in [0.15, 0.2) is 0 Å². The molecule has 0 fully saturated rings. The largest absolute Gasteiger partial charge is 0.465 e. The van der Waals surface area contributed by atoms with Gasteiger partial charge in [-0.25, -0.2) is 4.79 Å². The van der Waals surface area contributed by atoms with Crippen molar-refractivity contribution in [1.82, 2.24) is 5.32 Å². The van der Waals surface area contributed by atoms with E-state index in [0.29, 0.717) is 18.7 Å². The standard InChI is InChI=1S/C16H19NO4.ClH/c1-11(18)9-17-10-14-7-8-15(21-14)12-3-5-13(6-4-12)16(19)20-2;/h3-8,11,17-18H,9-10H2,1-2H3;1H. The van der Waals surface area contributed by atoms with Gasteiger partial charge in [-0.3, -0.25) is 0 Å². The molecule has 0 saturated heterocycles. The van der Waals surface area contributed by atoms with Gasteiger partial charge in [0.2, 0.25) is 0 Å². The quantitative estimate of drug-likeness (QED) is 0.799. The van der Waals surface area contributed by atoms with E-state index in [2.05, 4.69) is 10.1 Å². The van der Waals surface area contributed by atoms with Crippen molar-refractivity contribution < 1.29 is 19.1 Å². The van der Waals surface area contributed by atoms with Gasteiger partial charge in [-0.2, -0.15) is 0 Å². The van der Waals surface area contributed by atoms with E-state index >= 15 is 0 Å². The third-order valence-electron chi connectivity index (χ3n) is 2.99. The van der Waals surface area contributed by atoms with Crippen LogP contribution in [0.3, 0.4) is 0 Å². The maximum Gasteiger partial charge on any atom is 0.337 e. The lowest BCUT2D eigenvalue weighted by molar-refractivity contribution is 0.0600. The van der Waals surface area contributed by atoms with Gasteiger partial charge >= 0.3 is 5.97 Å². The molecule has 1 unspecified atom stereocenters. The number of carbonyl (C=O) groups is 1. The molecule has 1 aromatic carbocycles. The molecule has 0 amide bonds. The average Bonchev–Trinajstić information content (AvgIpc) is 2.95. The molecule has 0 aliphatic heterocycles. The Kier molecular flexibility index (Phi) is 7.11. The summed E-state index contributed by atoms with van der Waals surface area (Å²) >= 11 is 0. The number of aliphatic hydroxyl groups excluding tert-OH is 1. The second-order valence-corrected chi connectivity index (χ2v) is 4.81. The second kappa shape index (κ2) is 8.58. The van der Waals surface area contributed by atoms with Crippen molar-refractivity contribution in [2.24, 2.45) is 0 Å². The fourth-order valence-electron chi connectivity index (χ4n) is 1.92. The van der Waals surface area contributed by atoms with Crippen molar-refractivity contribution in [2.75, 3.05) is 13.7 Å². The zero-order valence-corrected chi connectivity index (χ0v) is 13.4. The normalized spacial score (nSPS) is 11.6. The van der Waals surface area contributed by atoms with Gasteiger partial charge < -0.3 is 19.6 Å². The van der Waals surface area contributed by atoms with E-state index in [-0.39, 0.29) is 24.5 Å². The highest BCUT2D eigenvalue weighted by Gasteiger charge is 2.08. The second-order valence-electron chi connectivity index (χ2n) is 4.81. The fraction of sp³-hybridized carbons (Fsp3) is 0.312. The highest BCUT2D eigenvalue weighted by Crippen LogP contribution is 2.22. The number of rotatable bonds is 6. The highest BCUT2D eigenvalue weighted by molar-refractivity contribution is 5.89. The molecule has 22 heavy (non-hydrogen) atoms. The van der Waals surface area contributed by atoms with Crippen molar-refractivity contribution in [2.45, 2.75) is 19.6 Å². The smallest absolute Gasteiger partial charge is 0.337 e. The first-order chi connectivity index (χ1) is 10.1. The molecule has 1 heterocycles. The highest BCUT2D eigenvalue weighted by atomic mass is 35.5. The van der Waals surface area contributed by atoms with E-state index in [1.807, 2.05) is 24.3 Å². The number of ether oxygens (including phenoxy) is 1. The van der Waals surface area contributed by atoms with Crippen LogP contribution in [0.1, 0.15) is 23.0 Å². The van der Waals surface area contributed by atoms with Crippen molar-refractivity contribution in [1.29, 1.82) is 0 Å².